The van der Waals surface area contributed by atoms with Gasteiger partial charge in [0.05, 0.1) is 6.61 Å². The van der Waals surface area contributed by atoms with E-state index in [-0.39, 0.29) is 18.7 Å². The van der Waals surface area contributed by atoms with Crippen LogP contribution in [0.5, 0.6) is 11.5 Å². The van der Waals surface area contributed by atoms with E-state index in [0.717, 1.165) is 11.3 Å². The molecule has 0 bridgehead atoms. The topological polar surface area (TPSA) is 116 Å². The highest BCUT2D eigenvalue weighted by atomic mass is 16.5. The summed E-state index contributed by atoms with van der Waals surface area (Å²) in [5.41, 5.74) is 5.53. The highest BCUT2D eigenvalue weighted by Crippen LogP contribution is 2.18. The molecule has 0 aliphatic carbocycles. The second kappa shape index (κ2) is 10.8. The Kier molecular flexibility index (Phi) is 7.58. The van der Waals surface area contributed by atoms with Gasteiger partial charge >= 0.3 is 0 Å². The molecule has 3 rings (SSSR count). The fraction of sp³-hybridized carbons (Fsp3) is 0.273. The fourth-order valence-corrected chi connectivity index (χ4v) is 2.62. The lowest BCUT2D eigenvalue weighted by atomic mass is 10.2. The van der Waals surface area contributed by atoms with Crippen molar-refractivity contribution in [2.45, 2.75) is 32.8 Å². The summed E-state index contributed by atoms with van der Waals surface area (Å²) in [7, 11) is 0. The second-order valence-electron chi connectivity index (χ2n) is 6.58. The summed E-state index contributed by atoms with van der Waals surface area (Å²) in [5.74, 6) is 1.17. The van der Waals surface area contributed by atoms with Crippen molar-refractivity contribution in [1.82, 2.24) is 21.0 Å². The van der Waals surface area contributed by atoms with Gasteiger partial charge in [-0.2, -0.15) is 4.98 Å². The molecule has 0 aliphatic rings. The molecule has 1 aromatic heterocycles. The van der Waals surface area contributed by atoms with Gasteiger partial charge < -0.3 is 14.0 Å². The SMILES string of the molecule is CCOc1ccc(OC(C)C(=O)NNC(=O)CCc2nc(-c3ccccc3)no2)cc1. The zero-order valence-electron chi connectivity index (χ0n) is 17.3. The highest BCUT2D eigenvalue weighted by Gasteiger charge is 2.16. The number of hydrazine groups is 1. The summed E-state index contributed by atoms with van der Waals surface area (Å²) >= 11 is 0. The van der Waals surface area contributed by atoms with Crippen molar-refractivity contribution in [3.05, 3.63) is 60.5 Å². The molecule has 1 heterocycles. The molecule has 0 aliphatic heterocycles. The molecule has 31 heavy (non-hydrogen) atoms. The first kappa shape index (κ1) is 21.8. The molecule has 2 aromatic carbocycles. The average Bonchev–Trinajstić information content (AvgIpc) is 3.27. The maximum absolute atomic E-state index is 12.1. The minimum Gasteiger partial charge on any atom is -0.494 e. The predicted molar refractivity (Wildman–Crippen MR) is 112 cm³/mol. The first-order valence-corrected chi connectivity index (χ1v) is 9.91. The molecule has 3 aromatic rings. The minimum absolute atomic E-state index is 0.0742. The molecule has 0 fully saturated rings. The standard InChI is InChI=1S/C22H24N4O5/c1-3-29-17-9-11-18(12-10-17)30-15(2)22(28)25-24-19(27)13-14-20-23-21(26-31-20)16-7-5-4-6-8-16/h4-12,15H,3,13-14H2,1-2H3,(H,24,27)(H,25,28). The maximum atomic E-state index is 12.1. The molecule has 9 nitrogen and oxygen atoms in total. The molecule has 162 valence electrons. The van der Waals surface area contributed by atoms with Crippen LogP contribution >= 0.6 is 0 Å². The molecule has 1 atom stereocenters. The largest absolute Gasteiger partial charge is 0.494 e. The molecule has 0 spiro atoms. The van der Waals surface area contributed by atoms with E-state index in [1.807, 2.05) is 37.3 Å². The number of hydrogen-bond acceptors (Lipinski definition) is 7. The number of hydrogen-bond donors (Lipinski definition) is 2. The van der Waals surface area contributed by atoms with Crippen LogP contribution in [0.4, 0.5) is 0 Å². The summed E-state index contributed by atoms with van der Waals surface area (Å²) in [4.78, 5) is 28.4. The van der Waals surface area contributed by atoms with Crippen molar-refractivity contribution in [3.8, 4) is 22.9 Å². The summed E-state index contributed by atoms with van der Waals surface area (Å²) < 4.78 is 16.1. The fourth-order valence-electron chi connectivity index (χ4n) is 2.62. The van der Waals surface area contributed by atoms with E-state index in [4.69, 9.17) is 14.0 Å². The number of carbonyl (C=O) groups excluding carboxylic acids is 2. The first-order valence-electron chi connectivity index (χ1n) is 9.91. The summed E-state index contributed by atoms with van der Waals surface area (Å²) in [5, 5.41) is 3.91. The molecular formula is C22H24N4O5. The third kappa shape index (κ3) is 6.56. The normalized spacial score (nSPS) is 11.4. The lowest BCUT2D eigenvalue weighted by molar-refractivity contribution is -0.132. The monoisotopic (exact) mass is 424 g/mol. The Morgan fingerprint density at radius 3 is 2.45 bits per heavy atom. The Morgan fingerprint density at radius 2 is 1.74 bits per heavy atom. The summed E-state index contributed by atoms with van der Waals surface area (Å²) in [6, 6.07) is 16.3. The van der Waals surface area contributed by atoms with Gasteiger partial charge in [-0.15, -0.1) is 0 Å². The van der Waals surface area contributed by atoms with Gasteiger partial charge in [-0.05, 0) is 38.1 Å². The molecular weight excluding hydrogens is 400 g/mol. The zero-order chi connectivity index (χ0) is 22.1. The molecule has 0 saturated carbocycles. The van der Waals surface area contributed by atoms with Gasteiger partial charge in [0.2, 0.25) is 17.6 Å². The van der Waals surface area contributed by atoms with E-state index in [2.05, 4.69) is 21.0 Å². The van der Waals surface area contributed by atoms with Crippen molar-refractivity contribution in [3.63, 3.8) is 0 Å². The Hall–Kier alpha value is -3.88. The highest BCUT2D eigenvalue weighted by molar-refractivity contribution is 5.84. The number of aryl methyl sites for hydroxylation is 1. The third-order valence-electron chi connectivity index (χ3n) is 4.21. The predicted octanol–water partition coefficient (Wildman–Crippen LogP) is 2.68. The second-order valence-corrected chi connectivity index (χ2v) is 6.58. The number of aromatic nitrogens is 2. The lowest BCUT2D eigenvalue weighted by Crippen LogP contribution is -2.47. The third-order valence-corrected chi connectivity index (χ3v) is 4.21. The van der Waals surface area contributed by atoms with Crippen molar-refractivity contribution >= 4 is 11.8 Å². The van der Waals surface area contributed by atoms with Gasteiger partial charge in [-0.25, -0.2) is 0 Å². The van der Waals surface area contributed by atoms with E-state index in [0.29, 0.717) is 24.1 Å². The van der Waals surface area contributed by atoms with Crippen LogP contribution in [0.1, 0.15) is 26.2 Å². The van der Waals surface area contributed by atoms with E-state index < -0.39 is 12.0 Å². The Balaban J connectivity index is 1.39. The van der Waals surface area contributed by atoms with Crippen LogP contribution in [0.15, 0.2) is 59.1 Å². The van der Waals surface area contributed by atoms with Gasteiger partial charge in [-0.1, -0.05) is 35.5 Å². The van der Waals surface area contributed by atoms with Crippen LogP contribution in [0.25, 0.3) is 11.4 Å². The van der Waals surface area contributed by atoms with Gasteiger partial charge in [0.1, 0.15) is 11.5 Å². The van der Waals surface area contributed by atoms with Crippen molar-refractivity contribution < 1.29 is 23.6 Å². The molecule has 9 heteroatoms. The molecule has 1 unspecified atom stereocenters. The Morgan fingerprint density at radius 1 is 1.03 bits per heavy atom. The smallest absolute Gasteiger partial charge is 0.279 e. The minimum atomic E-state index is -0.803. The zero-order valence-corrected chi connectivity index (χ0v) is 17.3. The molecule has 0 radical (unpaired) electrons. The van der Waals surface area contributed by atoms with E-state index in [1.54, 1.807) is 31.2 Å². The van der Waals surface area contributed by atoms with Crippen molar-refractivity contribution in [2.75, 3.05) is 6.61 Å². The average molecular weight is 424 g/mol. The van der Waals surface area contributed by atoms with Gasteiger partial charge in [0.15, 0.2) is 6.10 Å². The van der Waals surface area contributed by atoms with Crippen LogP contribution in [0, 0.1) is 0 Å². The van der Waals surface area contributed by atoms with Gasteiger partial charge in [-0.3, -0.25) is 20.4 Å². The van der Waals surface area contributed by atoms with Crippen LogP contribution < -0.4 is 20.3 Å². The lowest BCUT2D eigenvalue weighted by Gasteiger charge is -2.15. The first-order chi connectivity index (χ1) is 15.0. The quantitative estimate of drug-likeness (QED) is 0.507. The van der Waals surface area contributed by atoms with E-state index in [1.165, 1.54) is 0 Å². The number of benzene rings is 2. The van der Waals surface area contributed by atoms with Gasteiger partial charge in [0.25, 0.3) is 5.91 Å². The summed E-state index contributed by atoms with van der Waals surface area (Å²) in [6.07, 6.45) is -0.479. The van der Waals surface area contributed by atoms with Crippen LogP contribution in [-0.4, -0.2) is 34.7 Å². The number of carbonyl (C=O) groups is 2. The Bertz CT molecular complexity index is 989. The molecule has 2 amide bonds. The number of amides is 2. The van der Waals surface area contributed by atoms with Crippen LogP contribution in [0.2, 0.25) is 0 Å². The maximum Gasteiger partial charge on any atom is 0.279 e. The molecule has 0 saturated heterocycles. The van der Waals surface area contributed by atoms with Crippen LogP contribution in [-0.2, 0) is 16.0 Å². The van der Waals surface area contributed by atoms with Gasteiger partial charge in [0, 0.05) is 18.4 Å². The van der Waals surface area contributed by atoms with E-state index >= 15 is 0 Å². The van der Waals surface area contributed by atoms with Crippen molar-refractivity contribution in [2.24, 2.45) is 0 Å². The summed E-state index contributed by atoms with van der Waals surface area (Å²) in [6.45, 7) is 4.05. The van der Waals surface area contributed by atoms with E-state index in [9.17, 15) is 9.59 Å². The van der Waals surface area contributed by atoms with Crippen LogP contribution in [0.3, 0.4) is 0 Å². The van der Waals surface area contributed by atoms with Crippen molar-refractivity contribution in [1.29, 1.82) is 0 Å². The number of ether oxygens (including phenoxy) is 2. The molecule has 2 N–H and O–H groups in total. The Labute approximate surface area is 179 Å². The number of nitrogens with zero attached hydrogens (tertiary/aromatic N) is 2. The number of nitrogens with one attached hydrogen (secondary N) is 2. The number of rotatable bonds is 9.